The molecule has 0 bridgehead atoms. The van der Waals surface area contributed by atoms with Crippen LogP contribution in [0.1, 0.15) is 32.0 Å². The monoisotopic (exact) mass is 252 g/mol. The topological polar surface area (TPSA) is 65.1 Å². The molecule has 0 spiro atoms. The molecule has 18 heavy (non-hydrogen) atoms. The molecular formula is C13H24N4O. The second-order valence-electron chi connectivity index (χ2n) is 5.07. The fourth-order valence-corrected chi connectivity index (χ4v) is 2.58. The molecule has 0 amide bonds. The molecule has 0 aliphatic carbocycles. The molecule has 0 saturated carbocycles. The van der Waals surface area contributed by atoms with Gasteiger partial charge in [-0.3, -0.25) is 11.3 Å². The number of nitrogens with one attached hydrogen (secondary N) is 1. The molecule has 1 aromatic heterocycles. The summed E-state index contributed by atoms with van der Waals surface area (Å²) in [7, 11) is 0. The van der Waals surface area contributed by atoms with Crippen LogP contribution in [0.2, 0.25) is 0 Å². The van der Waals surface area contributed by atoms with Gasteiger partial charge in [-0.2, -0.15) is 0 Å². The largest absolute Gasteiger partial charge is 0.381 e. The number of ether oxygens (including phenoxy) is 1. The van der Waals surface area contributed by atoms with Gasteiger partial charge in [0.25, 0.3) is 0 Å². The number of nitrogens with two attached hydrogens (primary N) is 1. The zero-order valence-electron chi connectivity index (χ0n) is 11.1. The van der Waals surface area contributed by atoms with E-state index in [9.17, 15) is 0 Å². The normalized spacial score (nSPS) is 21.3. The Morgan fingerprint density at radius 2 is 2.56 bits per heavy atom. The van der Waals surface area contributed by atoms with Gasteiger partial charge in [0, 0.05) is 44.6 Å². The molecule has 1 aliphatic rings. The molecule has 0 aromatic carbocycles. The average Bonchev–Trinajstić information content (AvgIpc) is 3.01. The number of aryl methyl sites for hydroxylation is 1. The fraction of sp³-hybridized carbons (Fsp3) is 0.769. The van der Waals surface area contributed by atoms with Crippen LogP contribution in [0.5, 0.6) is 0 Å². The maximum atomic E-state index is 5.66. The van der Waals surface area contributed by atoms with Crippen LogP contribution in [0, 0.1) is 5.92 Å². The lowest BCUT2D eigenvalue weighted by Gasteiger charge is -2.19. The van der Waals surface area contributed by atoms with Gasteiger partial charge in [-0.1, -0.05) is 6.92 Å². The second kappa shape index (κ2) is 6.87. The Hall–Kier alpha value is -0.910. The predicted octanol–water partition coefficient (Wildman–Crippen LogP) is 1.09. The molecule has 1 saturated heterocycles. The Balaban J connectivity index is 1.89. The SMILES string of the molecule is CCCn1ccnc1CC(CC1CCOC1)NN. The van der Waals surface area contributed by atoms with Crippen molar-refractivity contribution in [2.24, 2.45) is 11.8 Å². The summed E-state index contributed by atoms with van der Waals surface area (Å²) in [6.07, 6.45) is 8.15. The number of aromatic nitrogens is 2. The third-order valence-corrected chi connectivity index (χ3v) is 3.57. The van der Waals surface area contributed by atoms with Crippen molar-refractivity contribution in [1.29, 1.82) is 0 Å². The van der Waals surface area contributed by atoms with Crippen molar-refractivity contribution in [1.82, 2.24) is 15.0 Å². The van der Waals surface area contributed by atoms with Crippen LogP contribution in [0.15, 0.2) is 12.4 Å². The van der Waals surface area contributed by atoms with Gasteiger partial charge in [-0.15, -0.1) is 0 Å². The minimum absolute atomic E-state index is 0.287. The van der Waals surface area contributed by atoms with Crippen molar-refractivity contribution in [2.75, 3.05) is 13.2 Å². The molecule has 3 N–H and O–H groups in total. The summed E-state index contributed by atoms with van der Waals surface area (Å²) in [6.45, 7) is 4.98. The van der Waals surface area contributed by atoms with Crippen molar-refractivity contribution in [3.05, 3.63) is 18.2 Å². The highest BCUT2D eigenvalue weighted by Gasteiger charge is 2.21. The molecule has 2 rings (SSSR count). The third kappa shape index (κ3) is 3.54. The van der Waals surface area contributed by atoms with E-state index in [2.05, 4.69) is 21.9 Å². The molecule has 102 valence electrons. The van der Waals surface area contributed by atoms with Crippen molar-refractivity contribution < 1.29 is 4.74 Å². The highest BCUT2D eigenvalue weighted by Crippen LogP contribution is 2.19. The van der Waals surface area contributed by atoms with Crippen LogP contribution in [-0.4, -0.2) is 28.8 Å². The number of hydrazine groups is 1. The third-order valence-electron chi connectivity index (χ3n) is 3.57. The number of hydrogen-bond donors (Lipinski definition) is 2. The lowest BCUT2D eigenvalue weighted by Crippen LogP contribution is -2.39. The van der Waals surface area contributed by atoms with Crippen LogP contribution < -0.4 is 11.3 Å². The molecule has 1 aliphatic heterocycles. The van der Waals surface area contributed by atoms with Crippen molar-refractivity contribution in [2.45, 2.75) is 45.2 Å². The van der Waals surface area contributed by atoms with Crippen molar-refractivity contribution >= 4 is 0 Å². The Labute approximate surface area is 109 Å². The maximum Gasteiger partial charge on any atom is 0.110 e. The van der Waals surface area contributed by atoms with Gasteiger partial charge in [-0.25, -0.2) is 4.98 Å². The van der Waals surface area contributed by atoms with Gasteiger partial charge < -0.3 is 9.30 Å². The van der Waals surface area contributed by atoms with Crippen LogP contribution in [-0.2, 0) is 17.7 Å². The highest BCUT2D eigenvalue weighted by atomic mass is 16.5. The van der Waals surface area contributed by atoms with Crippen LogP contribution in [0.4, 0.5) is 0 Å². The first-order valence-corrected chi connectivity index (χ1v) is 6.87. The Bertz CT molecular complexity index is 347. The van der Waals surface area contributed by atoms with E-state index in [1.54, 1.807) is 0 Å². The maximum absolute atomic E-state index is 5.66. The molecule has 1 aromatic rings. The Kier molecular flexibility index (Phi) is 5.16. The predicted molar refractivity (Wildman–Crippen MR) is 70.9 cm³/mol. The van der Waals surface area contributed by atoms with Crippen LogP contribution in [0.25, 0.3) is 0 Å². The van der Waals surface area contributed by atoms with Gasteiger partial charge in [0.15, 0.2) is 0 Å². The van der Waals surface area contributed by atoms with Gasteiger partial charge in [-0.05, 0) is 25.2 Å². The van der Waals surface area contributed by atoms with E-state index in [-0.39, 0.29) is 6.04 Å². The van der Waals surface area contributed by atoms with Crippen LogP contribution >= 0.6 is 0 Å². The number of nitrogens with zero attached hydrogens (tertiary/aromatic N) is 2. The van der Waals surface area contributed by atoms with Gasteiger partial charge in [0.1, 0.15) is 5.82 Å². The quantitative estimate of drug-likeness (QED) is 0.563. The van der Waals surface area contributed by atoms with E-state index in [0.29, 0.717) is 5.92 Å². The highest BCUT2D eigenvalue weighted by molar-refractivity contribution is 4.96. The molecule has 5 nitrogen and oxygen atoms in total. The summed E-state index contributed by atoms with van der Waals surface area (Å²) < 4.78 is 7.63. The number of rotatable bonds is 7. The second-order valence-corrected chi connectivity index (χ2v) is 5.07. The summed E-state index contributed by atoms with van der Waals surface area (Å²) in [6, 6.07) is 0.287. The zero-order valence-corrected chi connectivity index (χ0v) is 11.1. The minimum atomic E-state index is 0.287. The average molecular weight is 252 g/mol. The van der Waals surface area contributed by atoms with Gasteiger partial charge in [0.2, 0.25) is 0 Å². The molecule has 1 fully saturated rings. The lowest BCUT2D eigenvalue weighted by molar-refractivity contribution is 0.181. The van der Waals surface area contributed by atoms with E-state index in [0.717, 1.165) is 51.3 Å². The molecule has 2 heterocycles. The standard InChI is InChI=1S/C13H24N4O/c1-2-5-17-6-4-15-13(17)9-12(16-14)8-11-3-7-18-10-11/h4,6,11-12,16H,2-3,5,7-10,14H2,1H3. The summed E-state index contributed by atoms with van der Waals surface area (Å²) >= 11 is 0. The van der Waals surface area contributed by atoms with Crippen molar-refractivity contribution in [3.8, 4) is 0 Å². The summed E-state index contributed by atoms with van der Waals surface area (Å²) in [5, 5.41) is 0. The van der Waals surface area contributed by atoms with E-state index >= 15 is 0 Å². The molecular weight excluding hydrogens is 228 g/mol. The van der Waals surface area contributed by atoms with Crippen LogP contribution in [0.3, 0.4) is 0 Å². The first kappa shape index (κ1) is 13.5. The first-order chi connectivity index (χ1) is 8.83. The molecule has 5 heteroatoms. The van der Waals surface area contributed by atoms with Gasteiger partial charge >= 0.3 is 0 Å². The zero-order chi connectivity index (χ0) is 12.8. The van der Waals surface area contributed by atoms with Gasteiger partial charge in [0.05, 0.1) is 0 Å². The molecule has 0 radical (unpaired) electrons. The molecule has 2 unspecified atom stereocenters. The van der Waals surface area contributed by atoms with Crippen molar-refractivity contribution in [3.63, 3.8) is 0 Å². The summed E-state index contributed by atoms with van der Waals surface area (Å²) in [4.78, 5) is 4.43. The lowest BCUT2D eigenvalue weighted by atomic mass is 9.97. The minimum Gasteiger partial charge on any atom is -0.381 e. The number of hydrogen-bond acceptors (Lipinski definition) is 4. The van der Waals surface area contributed by atoms with E-state index < -0.39 is 0 Å². The summed E-state index contributed by atoms with van der Waals surface area (Å²) in [5.74, 6) is 7.43. The van der Waals surface area contributed by atoms with E-state index in [1.807, 2.05) is 12.4 Å². The smallest absolute Gasteiger partial charge is 0.110 e. The first-order valence-electron chi connectivity index (χ1n) is 6.87. The number of imidazole rings is 1. The summed E-state index contributed by atoms with van der Waals surface area (Å²) in [5.41, 5.74) is 2.93. The Morgan fingerprint density at radius 1 is 1.67 bits per heavy atom. The fourth-order valence-electron chi connectivity index (χ4n) is 2.58. The molecule has 2 atom stereocenters. The Morgan fingerprint density at radius 3 is 3.22 bits per heavy atom. The van der Waals surface area contributed by atoms with E-state index in [4.69, 9.17) is 10.6 Å². The van der Waals surface area contributed by atoms with E-state index in [1.165, 1.54) is 0 Å².